The highest BCUT2D eigenvalue weighted by Gasteiger charge is 2.46. The maximum absolute atomic E-state index is 13.4. The molecule has 0 radical (unpaired) electrons. The molecule has 1 N–H and O–H groups in total. The summed E-state index contributed by atoms with van der Waals surface area (Å²) >= 11 is 5.84. The average molecular weight is 462 g/mol. The number of amides is 3. The summed E-state index contributed by atoms with van der Waals surface area (Å²) in [5, 5.41) is 7.24. The van der Waals surface area contributed by atoms with E-state index in [1.54, 1.807) is 11.1 Å². The quantitative estimate of drug-likeness (QED) is 0.740. The first-order valence-electron chi connectivity index (χ1n) is 10.8. The Balaban J connectivity index is 1.35. The predicted octanol–water partition coefficient (Wildman–Crippen LogP) is 3.65. The van der Waals surface area contributed by atoms with Crippen LogP contribution < -0.4 is 10.2 Å². The third-order valence-electron chi connectivity index (χ3n) is 6.81. The molecule has 5 rings (SSSR count). The molecule has 32 heavy (non-hydrogen) atoms. The maximum Gasteiger partial charge on any atom is 0.322 e. The molecule has 2 aromatic rings. The van der Waals surface area contributed by atoms with Crippen molar-refractivity contribution < 1.29 is 18.7 Å². The molecule has 0 bridgehead atoms. The van der Waals surface area contributed by atoms with Crippen LogP contribution in [0.25, 0.3) is 0 Å². The molecule has 0 aliphatic carbocycles. The van der Waals surface area contributed by atoms with E-state index in [9.17, 15) is 14.0 Å². The lowest BCUT2D eigenvalue weighted by molar-refractivity contribution is -0.118. The summed E-state index contributed by atoms with van der Waals surface area (Å²) in [5.41, 5.74) is 2.00. The molecule has 0 saturated carbocycles. The Labute approximate surface area is 190 Å². The third-order valence-corrected chi connectivity index (χ3v) is 7.10. The van der Waals surface area contributed by atoms with Gasteiger partial charge in [0.15, 0.2) is 0 Å². The number of carbonyl (C=O) groups is 2. The SMILES string of the molecule is CC1Cn2ncc(N3CC4(CCOCC4)CC3=O)c2CN1C(=O)Nc1ccc(F)c(Cl)c1. The van der Waals surface area contributed by atoms with Crippen LogP contribution >= 0.6 is 11.6 Å². The van der Waals surface area contributed by atoms with Gasteiger partial charge in [0.25, 0.3) is 0 Å². The van der Waals surface area contributed by atoms with Crippen molar-refractivity contribution in [2.24, 2.45) is 5.41 Å². The van der Waals surface area contributed by atoms with E-state index in [1.165, 1.54) is 18.2 Å². The number of halogens is 2. The van der Waals surface area contributed by atoms with Gasteiger partial charge in [-0.1, -0.05) is 11.6 Å². The Morgan fingerprint density at radius 3 is 2.88 bits per heavy atom. The van der Waals surface area contributed by atoms with E-state index in [2.05, 4.69) is 10.4 Å². The first-order chi connectivity index (χ1) is 15.3. The van der Waals surface area contributed by atoms with Crippen LogP contribution in [0, 0.1) is 11.2 Å². The van der Waals surface area contributed by atoms with Crippen LogP contribution in [0.3, 0.4) is 0 Å². The number of ether oxygens (including phenoxy) is 1. The number of anilines is 2. The molecule has 1 atom stereocenters. The zero-order valence-corrected chi connectivity index (χ0v) is 18.6. The van der Waals surface area contributed by atoms with Crippen molar-refractivity contribution in [2.75, 3.05) is 30.0 Å². The van der Waals surface area contributed by atoms with Gasteiger partial charge in [-0.15, -0.1) is 0 Å². The fraction of sp³-hybridized carbons (Fsp3) is 0.500. The van der Waals surface area contributed by atoms with E-state index in [-0.39, 0.29) is 28.4 Å². The van der Waals surface area contributed by atoms with Gasteiger partial charge in [-0.25, -0.2) is 9.18 Å². The molecule has 2 fully saturated rings. The molecule has 1 aromatic heterocycles. The van der Waals surface area contributed by atoms with Crippen molar-refractivity contribution >= 4 is 34.9 Å². The number of nitrogens with one attached hydrogen (secondary N) is 1. The molecule has 170 valence electrons. The molecule has 3 aliphatic heterocycles. The summed E-state index contributed by atoms with van der Waals surface area (Å²) in [6.45, 7) is 4.81. The summed E-state index contributed by atoms with van der Waals surface area (Å²) in [5.74, 6) is -0.444. The van der Waals surface area contributed by atoms with Crippen molar-refractivity contribution in [1.82, 2.24) is 14.7 Å². The molecule has 1 aromatic carbocycles. The summed E-state index contributed by atoms with van der Waals surface area (Å²) in [4.78, 5) is 29.4. The smallest absolute Gasteiger partial charge is 0.322 e. The Hall–Kier alpha value is -2.65. The van der Waals surface area contributed by atoms with Gasteiger partial charge in [0.05, 0.1) is 41.7 Å². The molecule has 1 spiro atoms. The number of hydrogen-bond donors (Lipinski definition) is 1. The van der Waals surface area contributed by atoms with Crippen LogP contribution in [0.2, 0.25) is 5.02 Å². The van der Waals surface area contributed by atoms with E-state index in [1.807, 2.05) is 16.5 Å². The second-order valence-corrected chi connectivity index (χ2v) is 9.37. The average Bonchev–Trinajstić information content (AvgIpc) is 3.30. The predicted molar refractivity (Wildman–Crippen MR) is 117 cm³/mol. The molecule has 4 heterocycles. The number of hydrogen-bond acceptors (Lipinski definition) is 4. The summed E-state index contributed by atoms with van der Waals surface area (Å²) < 4.78 is 20.8. The molecule has 1 unspecified atom stereocenters. The highest BCUT2D eigenvalue weighted by Crippen LogP contribution is 2.43. The van der Waals surface area contributed by atoms with Gasteiger partial charge >= 0.3 is 6.03 Å². The Kier molecular flexibility index (Phi) is 5.33. The van der Waals surface area contributed by atoms with Gasteiger partial charge in [-0.05, 0) is 38.0 Å². The van der Waals surface area contributed by atoms with Crippen LogP contribution in [-0.2, 0) is 22.6 Å². The van der Waals surface area contributed by atoms with Crippen molar-refractivity contribution in [1.29, 1.82) is 0 Å². The van der Waals surface area contributed by atoms with Crippen LogP contribution in [-0.4, -0.2) is 52.4 Å². The van der Waals surface area contributed by atoms with E-state index < -0.39 is 5.82 Å². The van der Waals surface area contributed by atoms with Crippen LogP contribution in [0.15, 0.2) is 24.4 Å². The lowest BCUT2D eigenvalue weighted by Crippen LogP contribution is -2.47. The molecule has 8 nitrogen and oxygen atoms in total. The summed E-state index contributed by atoms with van der Waals surface area (Å²) in [6, 6.07) is 3.65. The number of benzene rings is 1. The number of aromatic nitrogens is 2. The monoisotopic (exact) mass is 461 g/mol. The van der Waals surface area contributed by atoms with Crippen LogP contribution in [0.5, 0.6) is 0 Å². The normalized spacial score (nSPS) is 22.3. The van der Waals surface area contributed by atoms with Crippen molar-refractivity contribution in [2.45, 2.75) is 45.3 Å². The van der Waals surface area contributed by atoms with Crippen LogP contribution in [0.1, 0.15) is 31.9 Å². The second kappa shape index (κ2) is 8.04. The Morgan fingerprint density at radius 2 is 2.12 bits per heavy atom. The van der Waals surface area contributed by atoms with E-state index in [0.717, 1.165) is 24.2 Å². The first kappa shape index (κ1) is 21.2. The minimum Gasteiger partial charge on any atom is -0.381 e. The van der Waals surface area contributed by atoms with Gasteiger partial charge < -0.3 is 19.9 Å². The van der Waals surface area contributed by atoms with E-state index in [4.69, 9.17) is 16.3 Å². The molecule has 3 aliphatic rings. The van der Waals surface area contributed by atoms with E-state index >= 15 is 0 Å². The molecule has 3 amide bonds. The summed E-state index contributed by atoms with van der Waals surface area (Å²) in [7, 11) is 0. The standard InChI is InChI=1S/C22H25ClFN5O3/c1-14-11-29-19(12-27(14)21(31)26-15-2-3-17(24)16(23)8-15)18(10-25-29)28-13-22(9-20(28)30)4-6-32-7-5-22/h2-3,8,10,14H,4-7,9,11-13H2,1H3,(H,26,31). The van der Waals surface area contributed by atoms with Gasteiger partial charge in [0.1, 0.15) is 5.82 Å². The second-order valence-electron chi connectivity index (χ2n) is 8.96. The van der Waals surface area contributed by atoms with Crippen molar-refractivity contribution in [3.8, 4) is 0 Å². The van der Waals surface area contributed by atoms with Gasteiger partial charge in [0.2, 0.25) is 5.91 Å². The maximum atomic E-state index is 13.4. The summed E-state index contributed by atoms with van der Waals surface area (Å²) in [6.07, 6.45) is 4.02. The lowest BCUT2D eigenvalue weighted by Gasteiger charge is -2.35. The van der Waals surface area contributed by atoms with Gasteiger partial charge in [-0.3, -0.25) is 9.48 Å². The highest BCUT2D eigenvalue weighted by atomic mass is 35.5. The minimum absolute atomic E-state index is 0.0367. The fourth-order valence-electron chi connectivity index (χ4n) is 4.91. The number of carbonyl (C=O) groups excluding carboxylic acids is 2. The number of nitrogens with zero attached hydrogens (tertiary/aromatic N) is 4. The fourth-order valence-corrected chi connectivity index (χ4v) is 5.09. The van der Waals surface area contributed by atoms with Gasteiger partial charge in [-0.2, -0.15) is 5.10 Å². The highest BCUT2D eigenvalue weighted by molar-refractivity contribution is 6.31. The molecule has 10 heteroatoms. The number of urea groups is 1. The van der Waals surface area contributed by atoms with E-state index in [0.29, 0.717) is 45.0 Å². The topological polar surface area (TPSA) is 79.7 Å². The lowest BCUT2D eigenvalue weighted by atomic mass is 9.79. The van der Waals surface area contributed by atoms with Gasteiger partial charge in [0, 0.05) is 37.3 Å². The molecular formula is C22H25ClFN5O3. The Bertz CT molecular complexity index is 1070. The molecular weight excluding hydrogens is 437 g/mol. The zero-order chi connectivity index (χ0) is 22.5. The van der Waals surface area contributed by atoms with Crippen molar-refractivity contribution in [3.05, 3.63) is 40.9 Å². The zero-order valence-electron chi connectivity index (χ0n) is 17.8. The first-order valence-corrected chi connectivity index (χ1v) is 11.2. The Morgan fingerprint density at radius 1 is 1.34 bits per heavy atom. The minimum atomic E-state index is -0.540. The van der Waals surface area contributed by atoms with Crippen LogP contribution in [0.4, 0.5) is 20.6 Å². The van der Waals surface area contributed by atoms with Crippen molar-refractivity contribution in [3.63, 3.8) is 0 Å². The molecule has 2 saturated heterocycles. The number of rotatable bonds is 2. The third kappa shape index (κ3) is 3.73. The largest absolute Gasteiger partial charge is 0.381 e. The number of fused-ring (bicyclic) bond motifs is 1.